The number of piperazine rings is 1. The van der Waals surface area contributed by atoms with Crippen LogP contribution < -0.4 is 4.90 Å². The van der Waals surface area contributed by atoms with Crippen molar-refractivity contribution in [1.82, 2.24) is 9.80 Å². The van der Waals surface area contributed by atoms with Crippen LogP contribution in [0.3, 0.4) is 0 Å². The van der Waals surface area contributed by atoms with Gasteiger partial charge in [-0.3, -0.25) is 9.69 Å². The van der Waals surface area contributed by atoms with Crippen LogP contribution in [0.2, 0.25) is 0 Å². The molecule has 0 N–H and O–H groups in total. The Kier molecular flexibility index (Phi) is 6.36. The number of benzene rings is 2. The average molecular weight is 402 g/mol. The largest absolute Gasteiger partial charge is 0.344 e. The zero-order valence-electron chi connectivity index (χ0n) is 16.4. The van der Waals surface area contributed by atoms with Crippen molar-refractivity contribution in [2.24, 2.45) is 0 Å². The summed E-state index contributed by atoms with van der Waals surface area (Å²) in [5.41, 5.74) is 2.57. The number of nitrogens with zero attached hydrogens (tertiary/aromatic N) is 3. The van der Waals surface area contributed by atoms with Crippen molar-refractivity contribution < 1.29 is 13.2 Å². The first-order valence-electron chi connectivity index (χ1n) is 9.42. The predicted octanol–water partition coefficient (Wildman–Crippen LogP) is 2.26. The molecular weight excluding hydrogens is 374 g/mol. The van der Waals surface area contributed by atoms with Crippen LogP contribution in [0.1, 0.15) is 10.4 Å². The molecular formula is C21H27N3O3S. The van der Waals surface area contributed by atoms with Crippen molar-refractivity contribution >= 4 is 27.1 Å². The van der Waals surface area contributed by atoms with Gasteiger partial charge in [-0.2, -0.15) is 0 Å². The van der Waals surface area contributed by atoms with E-state index in [0.29, 0.717) is 38.3 Å². The number of hydrogen-bond donors (Lipinski definition) is 0. The van der Waals surface area contributed by atoms with Gasteiger partial charge >= 0.3 is 0 Å². The van der Waals surface area contributed by atoms with Gasteiger partial charge in [0.05, 0.1) is 17.0 Å². The molecule has 1 fully saturated rings. The van der Waals surface area contributed by atoms with Gasteiger partial charge in [0.2, 0.25) is 0 Å². The van der Waals surface area contributed by atoms with E-state index in [0.717, 1.165) is 11.4 Å². The number of para-hydroxylation sites is 2. The molecule has 28 heavy (non-hydrogen) atoms. The van der Waals surface area contributed by atoms with E-state index in [9.17, 15) is 13.2 Å². The molecule has 6 nitrogen and oxygen atoms in total. The second kappa shape index (κ2) is 8.75. The fourth-order valence-electron chi connectivity index (χ4n) is 3.38. The molecule has 1 aliphatic heterocycles. The number of amides is 1. The van der Waals surface area contributed by atoms with Crippen LogP contribution in [0, 0.1) is 0 Å². The SMILES string of the molecule is CN(c1ccccc1)c1ccccc1C(=O)N1CCN(CCS(C)(=O)=O)CC1. The normalized spacial score (nSPS) is 15.4. The predicted molar refractivity (Wildman–Crippen MR) is 113 cm³/mol. The molecule has 0 atom stereocenters. The zero-order valence-corrected chi connectivity index (χ0v) is 17.2. The topological polar surface area (TPSA) is 60.9 Å². The fourth-order valence-corrected chi connectivity index (χ4v) is 3.97. The van der Waals surface area contributed by atoms with E-state index in [4.69, 9.17) is 0 Å². The van der Waals surface area contributed by atoms with Crippen molar-refractivity contribution in [2.45, 2.75) is 0 Å². The number of anilines is 2. The van der Waals surface area contributed by atoms with Crippen LogP contribution in [0.5, 0.6) is 0 Å². The minimum absolute atomic E-state index is 0.0149. The summed E-state index contributed by atoms with van der Waals surface area (Å²) in [5.74, 6) is 0.173. The molecule has 150 valence electrons. The summed E-state index contributed by atoms with van der Waals surface area (Å²) in [6.07, 6.45) is 1.26. The summed E-state index contributed by atoms with van der Waals surface area (Å²) < 4.78 is 22.7. The smallest absolute Gasteiger partial charge is 0.256 e. The Balaban J connectivity index is 1.69. The van der Waals surface area contributed by atoms with Gasteiger partial charge in [-0.15, -0.1) is 0 Å². The van der Waals surface area contributed by atoms with Gasteiger partial charge in [-0.1, -0.05) is 30.3 Å². The third kappa shape index (κ3) is 5.11. The van der Waals surface area contributed by atoms with Crippen molar-refractivity contribution in [3.05, 3.63) is 60.2 Å². The summed E-state index contributed by atoms with van der Waals surface area (Å²) in [4.78, 5) is 19.1. The van der Waals surface area contributed by atoms with Gasteiger partial charge in [0, 0.05) is 51.7 Å². The molecule has 0 unspecified atom stereocenters. The molecule has 0 aromatic heterocycles. The average Bonchev–Trinajstić information content (AvgIpc) is 2.72. The summed E-state index contributed by atoms with van der Waals surface area (Å²) in [6.45, 7) is 3.11. The maximum Gasteiger partial charge on any atom is 0.256 e. The van der Waals surface area contributed by atoms with Crippen molar-refractivity contribution in [3.8, 4) is 0 Å². The first-order valence-corrected chi connectivity index (χ1v) is 11.5. The summed E-state index contributed by atoms with van der Waals surface area (Å²) in [5, 5.41) is 0. The van der Waals surface area contributed by atoms with E-state index in [1.54, 1.807) is 0 Å². The lowest BCUT2D eigenvalue weighted by atomic mass is 10.1. The van der Waals surface area contributed by atoms with Gasteiger partial charge in [0.25, 0.3) is 5.91 Å². The molecule has 0 saturated carbocycles. The Labute approximate surface area is 167 Å². The first-order chi connectivity index (χ1) is 13.3. The summed E-state index contributed by atoms with van der Waals surface area (Å²) in [7, 11) is -1.00. The van der Waals surface area contributed by atoms with E-state index < -0.39 is 9.84 Å². The monoisotopic (exact) mass is 401 g/mol. The summed E-state index contributed by atoms with van der Waals surface area (Å²) in [6, 6.07) is 17.6. The molecule has 0 bridgehead atoms. The van der Waals surface area contributed by atoms with Gasteiger partial charge in [-0.05, 0) is 24.3 Å². The van der Waals surface area contributed by atoms with Gasteiger partial charge in [0.15, 0.2) is 0 Å². The first kappa shape index (κ1) is 20.4. The van der Waals surface area contributed by atoms with Crippen molar-refractivity contribution in [1.29, 1.82) is 0 Å². The standard InChI is InChI=1S/C21H27N3O3S/c1-22(18-8-4-3-5-9-18)20-11-7-6-10-19(20)21(25)24-14-12-23(13-15-24)16-17-28(2,26)27/h3-11H,12-17H2,1-2H3. The Bertz CT molecular complexity index is 908. The van der Waals surface area contributed by atoms with Crippen LogP contribution in [0.25, 0.3) is 0 Å². The number of hydrogen-bond acceptors (Lipinski definition) is 5. The highest BCUT2D eigenvalue weighted by Crippen LogP contribution is 2.28. The number of carbonyl (C=O) groups is 1. The Morgan fingerprint density at radius 1 is 0.964 bits per heavy atom. The van der Waals surface area contributed by atoms with E-state index >= 15 is 0 Å². The lowest BCUT2D eigenvalue weighted by molar-refractivity contribution is 0.0645. The van der Waals surface area contributed by atoms with E-state index in [1.807, 2.05) is 71.4 Å². The molecule has 1 aliphatic rings. The lowest BCUT2D eigenvalue weighted by Gasteiger charge is -2.35. The number of sulfone groups is 1. The van der Waals surface area contributed by atoms with Gasteiger partial charge in [-0.25, -0.2) is 8.42 Å². The molecule has 1 amide bonds. The zero-order chi connectivity index (χ0) is 20.1. The Morgan fingerprint density at radius 3 is 2.21 bits per heavy atom. The van der Waals surface area contributed by atoms with E-state index in [-0.39, 0.29) is 11.7 Å². The quantitative estimate of drug-likeness (QED) is 0.743. The van der Waals surface area contributed by atoms with Crippen molar-refractivity contribution in [2.75, 3.05) is 56.7 Å². The lowest BCUT2D eigenvalue weighted by Crippen LogP contribution is -2.49. The highest BCUT2D eigenvalue weighted by molar-refractivity contribution is 7.90. The minimum Gasteiger partial charge on any atom is -0.344 e. The minimum atomic E-state index is -2.97. The fraction of sp³-hybridized carbons (Fsp3) is 0.381. The highest BCUT2D eigenvalue weighted by Gasteiger charge is 2.25. The third-order valence-corrected chi connectivity index (χ3v) is 6.00. The van der Waals surface area contributed by atoms with Crippen molar-refractivity contribution in [3.63, 3.8) is 0 Å². The molecule has 0 aliphatic carbocycles. The maximum atomic E-state index is 13.2. The molecule has 0 radical (unpaired) electrons. The van der Waals surface area contributed by atoms with E-state index in [1.165, 1.54) is 6.26 Å². The third-order valence-electron chi connectivity index (χ3n) is 5.08. The molecule has 7 heteroatoms. The van der Waals surface area contributed by atoms with E-state index in [2.05, 4.69) is 4.90 Å². The van der Waals surface area contributed by atoms with Gasteiger partial charge < -0.3 is 9.80 Å². The van der Waals surface area contributed by atoms with Crippen LogP contribution >= 0.6 is 0 Å². The van der Waals surface area contributed by atoms with Crippen LogP contribution in [0.15, 0.2) is 54.6 Å². The maximum absolute atomic E-state index is 13.2. The molecule has 1 heterocycles. The second-order valence-corrected chi connectivity index (χ2v) is 9.44. The Hall–Kier alpha value is -2.38. The molecule has 2 aromatic carbocycles. The summed E-state index contributed by atoms with van der Waals surface area (Å²) >= 11 is 0. The molecule has 1 saturated heterocycles. The van der Waals surface area contributed by atoms with Crippen LogP contribution in [0.4, 0.5) is 11.4 Å². The molecule has 3 rings (SSSR count). The Morgan fingerprint density at radius 2 is 1.57 bits per heavy atom. The van der Waals surface area contributed by atoms with Gasteiger partial charge in [0.1, 0.15) is 9.84 Å². The highest BCUT2D eigenvalue weighted by atomic mass is 32.2. The second-order valence-electron chi connectivity index (χ2n) is 7.18. The number of carbonyl (C=O) groups excluding carboxylic acids is 1. The molecule has 2 aromatic rings. The number of rotatable bonds is 6. The molecule has 0 spiro atoms. The van der Waals surface area contributed by atoms with Crippen LogP contribution in [-0.4, -0.2) is 75.9 Å². The van der Waals surface area contributed by atoms with Crippen LogP contribution in [-0.2, 0) is 9.84 Å².